The quantitative estimate of drug-likeness (QED) is 0.736. The Hall–Kier alpha value is -0.0800. The summed E-state index contributed by atoms with van der Waals surface area (Å²) in [6, 6.07) is 0. The van der Waals surface area contributed by atoms with Crippen LogP contribution in [0.4, 0.5) is 0 Å². The largest absolute Gasteiger partial charge is 0.329 e. The molecule has 92 valence electrons. The van der Waals surface area contributed by atoms with Gasteiger partial charge in [0.1, 0.15) is 0 Å². The first-order valence-corrected chi connectivity index (χ1v) is 6.13. The molecule has 0 radical (unpaired) electrons. The summed E-state index contributed by atoms with van der Waals surface area (Å²) in [6.07, 6.45) is 2.31. The highest BCUT2D eigenvalue weighted by atomic mass is 15.2. The van der Waals surface area contributed by atoms with Gasteiger partial charge in [-0.15, -0.1) is 0 Å². The van der Waals surface area contributed by atoms with Gasteiger partial charge in [-0.2, -0.15) is 0 Å². The van der Waals surface area contributed by atoms with Crippen LogP contribution >= 0.6 is 0 Å². The fourth-order valence-electron chi connectivity index (χ4n) is 2.20. The Morgan fingerprint density at radius 2 is 1.67 bits per heavy atom. The van der Waals surface area contributed by atoms with E-state index >= 15 is 0 Å². The molecule has 0 aromatic heterocycles. The van der Waals surface area contributed by atoms with Gasteiger partial charge in [0.25, 0.3) is 0 Å². The molecule has 0 aromatic carbocycles. The molecule has 0 saturated carbocycles. The first-order valence-electron chi connectivity index (χ1n) is 6.13. The van der Waals surface area contributed by atoms with Gasteiger partial charge in [-0.25, -0.2) is 0 Å². The van der Waals surface area contributed by atoms with Gasteiger partial charge in [0.05, 0.1) is 0 Å². The standard InChI is InChI=1S/C13H30N2/c1-8-12(4,5)15(7)13(6,10-14)9-11(2)3/h11H,8-10,14H2,1-7H3. The highest BCUT2D eigenvalue weighted by molar-refractivity contribution is 4.93. The zero-order valence-electron chi connectivity index (χ0n) is 11.7. The smallest absolute Gasteiger partial charge is 0.0308 e. The number of hydrogen-bond donors (Lipinski definition) is 1. The van der Waals surface area contributed by atoms with Crippen LogP contribution in [-0.2, 0) is 0 Å². The van der Waals surface area contributed by atoms with E-state index in [4.69, 9.17) is 5.73 Å². The maximum absolute atomic E-state index is 5.97. The van der Waals surface area contributed by atoms with Crippen LogP contribution in [0.3, 0.4) is 0 Å². The Bertz CT molecular complexity index is 187. The molecule has 2 heteroatoms. The molecule has 0 heterocycles. The van der Waals surface area contributed by atoms with Crippen LogP contribution in [0.15, 0.2) is 0 Å². The lowest BCUT2D eigenvalue weighted by Crippen LogP contribution is -2.58. The molecular formula is C13H30N2. The van der Waals surface area contributed by atoms with Crippen LogP contribution < -0.4 is 5.73 Å². The van der Waals surface area contributed by atoms with Gasteiger partial charge in [0.15, 0.2) is 0 Å². The zero-order valence-corrected chi connectivity index (χ0v) is 11.7. The van der Waals surface area contributed by atoms with E-state index in [1.807, 2.05) is 0 Å². The lowest BCUT2D eigenvalue weighted by Gasteiger charge is -2.48. The molecule has 2 N–H and O–H groups in total. The first-order chi connectivity index (χ1) is 6.69. The zero-order chi connectivity index (χ0) is 12.3. The number of likely N-dealkylation sites (N-methyl/N-ethyl adjacent to an activating group) is 1. The molecule has 1 unspecified atom stereocenters. The van der Waals surface area contributed by atoms with E-state index in [0.717, 1.165) is 19.4 Å². The predicted octanol–water partition coefficient (Wildman–Crippen LogP) is 2.87. The summed E-state index contributed by atoms with van der Waals surface area (Å²) >= 11 is 0. The highest BCUT2D eigenvalue weighted by Crippen LogP contribution is 2.30. The molecule has 0 aromatic rings. The summed E-state index contributed by atoms with van der Waals surface area (Å²) < 4.78 is 0. The van der Waals surface area contributed by atoms with Crippen molar-refractivity contribution in [1.82, 2.24) is 4.90 Å². The van der Waals surface area contributed by atoms with Crippen LogP contribution in [0.2, 0.25) is 0 Å². The second kappa shape index (κ2) is 5.31. The summed E-state index contributed by atoms with van der Waals surface area (Å²) in [6.45, 7) is 14.4. The van der Waals surface area contributed by atoms with Crippen LogP contribution in [-0.4, -0.2) is 29.6 Å². The fourth-order valence-corrected chi connectivity index (χ4v) is 2.20. The number of nitrogens with two attached hydrogens (primary N) is 1. The third-order valence-electron chi connectivity index (χ3n) is 3.87. The molecule has 2 nitrogen and oxygen atoms in total. The molecule has 0 rings (SSSR count). The first kappa shape index (κ1) is 14.9. The van der Waals surface area contributed by atoms with E-state index in [9.17, 15) is 0 Å². The molecule has 1 atom stereocenters. The number of rotatable bonds is 6. The van der Waals surface area contributed by atoms with Crippen LogP contribution in [0.1, 0.15) is 54.4 Å². The fraction of sp³-hybridized carbons (Fsp3) is 1.00. The van der Waals surface area contributed by atoms with Crippen molar-refractivity contribution in [3.8, 4) is 0 Å². The average Bonchev–Trinajstić information content (AvgIpc) is 2.15. The summed E-state index contributed by atoms with van der Waals surface area (Å²) in [7, 11) is 2.21. The van der Waals surface area contributed by atoms with Crippen LogP contribution in [0.25, 0.3) is 0 Å². The Kier molecular flexibility index (Phi) is 5.28. The monoisotopic (exact) mass is 214 g/mol. The normalized spacial score (nSPS) is 17.2. The lowest BCUT2D eigenvalue weighted by molar-refractivity contribution is 0.0220. The lowest BCUT2D eigenvalue weighted by atomic mass is 9.84. The molecule has 0 fully saturated rings. The summed E-state index contributed by atoms with van der Waals surface area (Å²) in [5, 5.41) is 0. The van der Waals surface area contributed by atoms with Crippen molar-refractivity contribution in [2.24, 2.45) is 11.7 Å². The molecular weight excluding hydrogens is 184 g/mol. The van der Waals surface area contributed by atoms with Crippen molar-refractivity contribution in [1.29, 1.82) is 0 Å². The van der Waals surface area contributed by atoms with Gasteiger partial charge in [-0.05, 0) is 46.6 Å². The van der Waals surface area contributed by atoms with E-state index in [0.29, 0.717) is 5.92 Å². The average molecular weight is 214 g/mol. The van der Waals surface area contributed by atoms with Gasteiger partial charge in [-0.1, -0.05) is 20.8 Å². The highest BCUT2D eigenvalue weighted by Gasteiger charge is 2.36. The van der Waals surface area contributed by atoms with Crippen molar-refractivity contribution >= 4 is 0 Å². The molecule has 0 spiro atoms. The Balaban J connectivity index is 4.79. The van der Waals surface area contributed by atoms with Gasteiger partial charge in [0, 0.05) is 17.6 Å². The van der Waals surface area contributed by atoms with E-state index in [1.54, 1.807) is 0 Å². The summed E-state index contributed by atoms with van der Waals surface area (Å²) in [5.41, 5.74) is 6.31. The molecule has 0 saturated heterocycles. The minimum atomic E-state index is 0.119. The molecule has 0 bridgehead atoms. The third kappa shape index (κ3) is 3.76. The molecule has 0 aliphatic rings. The predicted molar refractivity (Wildman–Crippen MR) is 69.0 cm³/mol. The van der Waals surface area contributed by atoms with Crippen LogP contribution in [0.5, 0.6) is 0 Å². The van der Waals surface area contributed by atoms with Gasteiger partial charge >= 0.3 is 0 Å². The molecule has 15 heavy (non-hydrogen) atoms. The summed E-state index contributed by atoms with van der Waals surface area (Å²) in [4.78, 5) is 2.46. The topological polar surface area (TPSA) is 29.3 Å². The number of hydrogen-bond acceptors (Lipinski definition) is 2. The van der Waals surface area contributed by atoms with Crippen molar-refractivity contribution in [3.63, 3.8) is 0 Å². The second-order valence-corrected chi connectivity index (χ2v) is 6.02. The molecule has 0 aliphatic heterocycles. The SMILES string of the molecule is CCC(C)(C)N(C)C(C)(CN)CC(C)C. The van der Waals surface area contributed by atoms with E-state index in [1.165, 1.54) is 0 Å². The number of nitrogens with zero attached hydrogens (tertiary/aromatic N) is 1. The summed E-state index contributed by atoms with van der Waals surface area (Å²) in [5.74, 6) is 0.689. The third-order valence-corrected chi connectivity index (χ3v) is 3.87. The maximum Gasteiger partial charge on any atom is 0.0308 e. The van der Waals surface area contributed by atoms with Gasteiger partial charge in [0.2, 0.25) is 0 Å². The minimum absolute atomic E-state index is 0.119. The van der Waals surface area contributed by atoms with E-state index in [2.05, 4.69) is 53.5 Å². The molecule has 0 aliphatic carbocycles. The van der Waals surface area contributed by atoms with Crippen molar-refractivity contribution in [3.05, 3.63) is 0 Å². The second-order valence-electron chi connectivity index (χ2n) is 6.02. The van der Waals surface area contributed by atoms with Crippen molar-refractivity contribution in [2.45, 2.75) is 65.5 Å². The van der Waals surface area contributed by atoms with E-state index in [-0.39, 0.29) is 11.1 Å². The van der Waals surface area contributed by atoms with Gasteiger partial charge in [-0.3, -0.25) is 4.90 Å². The molecule has 0 amide bonds. The Morgan fingerprint density at radius 1 is 1.20 bits per heavy atom. The Labute approximate surface area is 96.2 Å². The van der Waals surface area contributed by atoms with Gasteiger partial charge < -0.3 is 5.73 Å². The Morgan fingerprint density at radius 3 is 1.93 bits per heavy atom. The van der Waals surface area contributed by atoms with Crippen molar-refractivity contribution < 1.29 is 0 Å². The minimum Gasteiger partial charge on any atom is -0.329 e. The van der Waals surface area contributed by atoms with E-state index < -0.39 is 0 Å². The maximum atomic E-state index is 5.97. The van der Waals surface area contributed by atoms with Crippen molar-refractivity contribution in [2.75, 3.05) is 13.6 Å². The van der Waals surface area contributed by atoms with Crippen LogP contribution in [0, 0.1) is 5.92 Å².